The highest BCUT2D eigenvalue weighted by molar-refractivity contribution is 7.99. The number of carbonyl (C=O) groups is 1. The predicted octanol–water partition coefficient (Wildman–Crippen LogP) is 3.63. The molecular formula is C19H21N5OS. The third-order valence-electron chi connectivity index (χ3n) is 4.37. The molecule has 1 N–H and O–H groups in total. The van der Waals surface area contributed by atoms with Gasteiger partial charge in [-0.3, -0.25) is 4.79 Å². The predicted molar refractivity (Wildman–Crippen MR) is 104 cm³/mol. The molecular weight excluding hydrogens is 346 g/mol. The number of anilines is 1. The minimum absolute atomic E-state index is 0.0891. The fraction of sp³-hybridized carbons (Fsp3) is 0.263. The molecule has 0 saturated heterocycles. The van der Waals surface area contributed by atoms with Crippen LogP contribution in [0.5, 0.6) is 0 Å². The molecule has 0 atom stereocenters. The number of aromatic nitrogens is 4. The Morgan fingerprint density at radius 1 is 1.08 bits per heavy atom. The Hall–Kier alpha value is -2.67. The Labute approximate surface area is 157 Å². The molecule has 134 valence electrons. The Kier molecular flexibility index (Phi) is 5.37. The van der Waals surface area contributed by atoms with Crippen LogP contribution in [-0.4, -0.2) is 31.9 Å². The Balaban J connectivity index is 1.69. The third kappa shape index (κ3) is 3.94. The van der Waals surface area contributed by atoms with Gasteiger partial charge < -0.3 is 5.32 Å². The van der Waals surface area contributed by atoms with E-state index in [9.17, 15) is 4.79 Å². The van der Waals surface area contributed by atoms with Crippen LogP contribution in [0.3, 0.4) is 0 Å². The quantitative estimate of drug-likeness (QED) is 0.697. The van der Waals surface area contributed by atoms with Crippen molar-refractivity contribution in [1.82, 2.24) is 20.2 Å². The zero-order valence-electron chi connectivity index (χ0n) is 15.3. The number of rotatable bonds is 5. The van der Waals surface area contributed by atoms with Crippen LogP contribution in [0.1, 0.15) is 22.3 Å². The number of benzene rings is 2. The van der Waals surface area contributed by atoms with Crippen molar-refractivity contribution in [3.63, 3.8) is 0 Å². The second kappa shape index (κ2) is 7.70. The smallest absolute Gasteiger partial charge is 0.234 e. The molecule has 26 heavy (non-hydrogen) atoms. The van der Waals surface area contributed by atoms with Crippen molar-refractivity contribution in [2.24, 2.45) is 0 Å². The van der Waals surface area contributed by atoms with Gasteiger partial charge in [0.05, 0.1) is 11.4 Å². The van der Waals surface area contributed by atoms with Crippen molar-refractivity contribution in [1.29, 1.82) is 0 Å². The highest BCUT2D eigenvalue weighted by Crippen LogP contribution is 2.22. The molecule has 2 aromatic carbocycles. The van der Waals surface area contributed by atoms with Crippen LogP contribution in [0.2, 0.25) is 0 Å². The molecule has 0 spiro atoms. The summed E-state index contributed by atoms with van der Waals surface area (Å²) in [6, 6.07) is 11.9. The lowest BCUT2D eigenvalue weighted by Gasteiger charge is -2.10. The Bertz CT molecular complexity index is 951. The molecule has 0 aliphatic carbocycles. The molecule has 0 fully saturated rings. The molecule has 7 heteroatoms. The van der Waals surface area contributed by atoms with Crippen molar-refractivity contribution >= 4 is 23.4 Å². The number of carbonyl (C=O) groups excluding carboxylic acids is 1. The van der Waals surface area contributed by atoms with Gasteiger partial charge in [-0.05, 0) is 78.6 Å². The van der Waals surface area contributed by atoms with Crippen LogP contribution < -0.4 is 5.32 Å². The first-order valence-corrected chi connectivity index (χ1v) is 9.29. The summed E-state index contributed by atoms with van der Waals surface area (Å²) in [5.74, 6) is 0.145. The zero-order chi connectivity index (χ0) is 18.7. The van der Waals surface area contributed by atoms with Crippen LogP contribution in [0, 0.1) is 27.7 Å². The maximum Gasteiger partial charge on any atom is 0.234 e. The van der Waals surface area contributed by atoms with Crippen molar-refractivity contribution in [3.8, 4) is 5.69 Å². The second-order valence-corrected chi connectivity index (χ2v) is 7.17. The minimum Gasteiger partial charge on any atom is -0.325 e. The van der Waals surface area contributed by atoms with E-state index in [0.717, 1.165) is 22.5 Å². The monoisotopic (exact) mass is 367 g/mol. The average molecular weight is 367 g/mol. The molecule has 0 aliphatic heterocycles. The van der Waals surface area contributed by atoms with Crippen molar-refractivity contribution in [3.05, 3.63) is 58.7 Å². The van der Waals surface area contributed by atoms with Gasteiger partial charge >= 0.3 is 0 Å². The maximum absolute atomic E-state index is 12.3. The molecule has 1 aromatic heterocycles. The van der Waals surface area contributed by atoms with E-state index in [-0.39, 0.29) is 11.7 Å². The summed E-state index contributed by atoms with van der Waals surface area (Å²) in [6.07, 6.45) is 0. The van der Waals surface area contributed by atoms with Crippen molar-refractivity contribution < 1.29 is 4.79 Å². The first-order valence-electron chi connectivity index (χ1n) is 8.30. The van der Waals surface area contributed by atoms with Gasteiger partial charge in [0.2, 0.25) is 11.1 Å². The molecule has 0 aliphatic rings. The number of nitrogens with one attached hydrogen (secondary N) is 1. The summed E-state index contributed by atoms with van der Waals surface area (Å²) < 4.78 is 1.68. The van der Waals surface area contributed by atoms with Gasteiger partial charge in [0, 0.05) is 5.69 Å². The number of nitrogens with zero attached hydrogens (tertiary/aromatic N) is 4. The number of aryl methyl sites for hydroxylation is 3. The number of thioether (sulfide) groups is 1. The molecule has 0 unspecified atom stereocenters. The van der Waals surface area contributed by atoms with Crippen molar-refractivity contribution in [2.75, 3.05) is 11.1 Å². The van der Waals surface area contributed by atoms with Gasteiger partial charge in [0.25, 0.3) is 0 Å². The standard InChI is InChI=1S/C19H21N5OS/c1-12-8-9-16(10-14(12)3)20-18(25)11-26-19-21-22-23-24(19)17-7-5-6-13(2)15(17)4/h5-10H,11H2,1-4H3,(H,20,25). The number of hydrogen-bond donors (Lipinski definition) is 1. The second-order valence-electron chi connectivity index (χ2n) is 6.23. The van der Waals surface area contributed by atoms with E-state index >= 15 is 0 Å². The maximum atomic E-state index is 12.3. The summed E-state index contributed by atoms with van der Waals surface area (Å²) in [7, 11) is 0. The Morgan fingerprint density at radius 3 is 2.65 bits per heavy atom. The molecule has 0 radical (unpaired) electrons. The summed E-state index contributed by atoms with van der Waals surface area (Å²) >= 11 is 1.31. The van der Waals surface area contributed by atoms with E-state index < -0.39 is 0 Å². The lowest BCUT2D eigenvalue weighted by molar-refractivity contribution is -0.113. The van der Waals surface area contributed by atoms with Crippen LogP contribution in [0.25, 0.3) is 5.69 Å². The molecule has 0 bridgehead atoms. The lowest BCUT2D eigenvalue weighted by atomic mass is 10.1. The molecule has 3 aromatic rings. The fourth-order valence-electron chi connectivity index (χ4n) is 2.53. The van der Waals surface area contributed by atoms with Gasteiger partial charge in [-0.2, -0.15) is 4.68 Å². The lowest BCUT2D eigenvalue weighted by Crippen LogP contribution is -2.15. The van der Waals surface area contributed by atoms with Crippen LogP contribution in [0.15, 0.2) is 41.6 Å². The first-order chi connectivity index (χ1) is 12.5. The molecule has 1 heterocycles. The highest BCUT2D eigenvalue weighted by atomic mass is 32.2. The number of amides is 1. The summed E-state index contributed by atoms with van der Waals surface area (Å²) in [5, 5.41) is 15.4. The number of tetrazole rings is 1. The highest BCUT2D eigenvalue weighted by Gasteiger charge is 2.14. The SMILES string of the molecule is Cc1ccc(NC(=O)CSc2nnnn2-c2cccc(C)c2C)cc1C. The van der Waals surface area contributed by atoms with Gasteiger partial charge in [-0.25, -0.2) is 0 Å². The Morgan fingerprint density at radius 2 is 1.88 bits per heavy atom. The van der Waals surface area contributed by atoms with Crippen molar-refractivity contribution in [2.45, 2.75) is 32.9 Å². The van der Waals surface area contributed by atoms with E-state index in [1.54, 1.807) is 4.68 Å². The zero-order valence-corrected chi connectivity index (χ0v) is 16.1. The van der Waals surface area contributed by atoms with E-state index in [2.05, 4.69) is 20.8 Å². The first kappa shape index (κ1) is 18.1. The van der Waals surface area contributed by atoms with Gasteiger partial charge in [-0.15, -0.1) is 5.10 Å². The summed E-state index contributed by atoms with van der Waals surface area (Å²) in [4.78, 5) is 12.3. The normalized spacial score (nSPS) is 10.8. The van der Waals surface area contributed by atoms with Crippen LogP contribution in [-0.2, 0) is 4.79 Å². The number of hydrogen-bond acceptors (Lipinski definition) is 5. The van der Waals surface area contributed by atoms with Crippen LogP contribution >= 0.6 is 11.8 Å². The summed E-state index contributed by atoms with van der Waals surface area (Å²) in [6.45, 7) is 8.15. The topological polar surface area (TPSA) is 72.7 Å². The van der Waals surface area contributed by atoms with E-state index in [1.807, 2.05) is 64.1 Å². The molecule has 1 amide bonds. The van der Waals surface area contributed by atoms with E-state index in [1.165, 1.54) is 22.9 Å². The van der Waals surface area contributed by atoms with Crippen LogP contribution in [0.4, 0.5) is 5.69 Å². The largest absolute Gasteiger partial charge is 0.325 e. The fourth-order valence-corrected chi connectivity index (χ4v) is 3.22. The van der Waals surface area contributed by atoms with Gasteiger partial charge in [0.1, 0.15) is 0 Å². The van der Waals surface area contributed by atoms with E-state index in [4.69, 9.17) is 0 Å². The van der Waals surface area contributed by atoms with E-state index in [0.29, 0.717) is 5.16 Å². The third-order valence-corrected chi connectivity index (χ3v) is 5.29. The minimum atomic E-state index is -0.0891. The van der Waals surface area contributed by atoms with Gasteiger partial charge in [-0.1, -0.05) is 30.0 Å². The van der Waals surface area contributed by atoms with Gasteiger partial charge in [0.15, 0.2) is 0 Å². The molecule has 0 saturated carbocycles. The average Bonchev–Trinajstić information content (AvgIpc) is 3.07. The molecule has 6 nitrogen and oxygen atoms in total. The molecule has 3 rings (SSSR count). The summed E-state index contributed by atoms with van der Waals surface area (Å²) in [5.41, 5.74) is 6.35.